The average Bonchev–Trinajstić information content (AvgIpc) is 3.28. The number of carbonyl (C=O) groups is 2. The van der Waals surface area contributed by atoms with Gasteiger partial charge in [0, 0.05) is 26.2 Å². The zero-order valence-electron chi connectivity index (χ0n) is 21.5. The summed E-state index contributed by atoms with van der Waals surface area (Å²) in [6, 6.07) is 2.99. The van der Waals surface area contributed by atoms with Crippen LogP contribution in [0.3, 0.4) is 0 Å². The van der Waals surface area contributed by atoms with Crippen molar-refractivity contribution in [3.63, 3.8) is 0 Å². The van der Waals surface area contributed by atoms with Gasteiger partial charge in [0.15, 0.2) is 5.82 Å². The standard InChI is InChI=1S/C26H33FN6O4/c1-16(2)12-20-25-24(18(27)13-28-20)30-21(31-25)14-33-17(15-34)10-11-19(26(33)37)29-22(35)8-6-5-7-9-23(36)32(3)4/h7,9-11,13,16,34H,5-6,8,12,14-15H2,1-4H3,(H,29,35)(H,30,31)/b9-7+. The minimum absolute atomic E-state index is 0.0572. The van der Waals surface area contributed by atoms with Crippen molar-refractivity contribution in [3.05, 3.63) is 63.9 Å². The van der Waals surface area contributed by atoms with E-state index in [9.17, 15) is 23.9 Å². The molecule has 3 aromatic heterocycles. The van der Waals surface area contributed by atoms with Crippen LogP contribution in [0, 0.1) is 11.7 Å². The Morgan fingerprint density at radius 2 is 2.05 bits per heavy atom. The van der Waals surface area contributed by atoms with Gasteiger partial charge in [0.25, 0.3) is 5.56 Å². The molecule has 0 radical (unpaired) electrons. The molecular weight excluding hydrogens is 479 g/mol. The summed E-state index contributed by atoms with van der Waals surface area (Å²) in [4.78, 5) is 50.1. The number of H-pyrrole nitrogens is 1. The van der Waals surface area contributed by atoms with Crippen LogP contribution in [0.2, 0.25) is 0 Å². The van der Waals surface area contributed by atoms with E-state index in [1.165, 1.54) is 21.6 Å². The Morgan fingerprint density at radius 1 is 1.30 bits per heavy atom. The predicted molar refractivity (Wildman–Crippen MR) is 138 cm³/mol. The zero-order valence-corrected chi connectivity index (χ0v) is 21.5. The minimum Gasteiger partial charge on any atom is -0.390 e. The number of likely N-dealkylation sites (N-methyl/N-ethyl adjacent to an activating group) is 1. The van der Waals surface area contributed by atoms with Gasteiger partial charge < -0.3 is 24.9 Å². The fraction of sp³-hybridized carbons (Fsp3) is 0.423. The zero-order chi connectivity index (χ0) is 27.1. The number of aliphatic hydroxyl groups excluding tert-OH is 1. The van der Waals surface area contributed by atoms with Crippen molar-refractivity contribution in [2.45, 2.75) is 52.7 Å². The molecule has 0 atom stereocenters. The number of aromatic amines is 1. The van der Waals surface area contributed by atoms with E-state index in [1.807, 2.05) is 13.8 Å². The number of hydrogen-bond acceptors (Lipinski definition) is 6. The molecule has 11 heteroatoms. The first-order valence-corrected chi connectivity index (χ1v) is 12.1. The molecule has 0 fully saturated rings. The van der Waals surface area contributed by atoms with E-state index in [0.29, 0.717) is 47.9 Å². The first-order valence-electron chi connectivity index (χ1n) is 12.1. The second-order valence-electron chi connectivity index (χ2n) is 9.42. The monoisotopic (exact) mass is 512 g/mol. The highest BCUT2D eigenvalue weighted by atomic mass is 19.1. The van der Waals surface area contributed by atoms with Gasteiger partial charge in [-0.3, -0.25) is 19.4 Å². The van der Waals surface area contributed by atoms with E-state index in [4.69, 9.17) is 0 Å². The Kier molecular flexibility index (Phi) is 9.29. The fourth-order valence-electron chi connectivity index (χ4n) is 3.78. The van der Waals surface area contributed by atoms with Crippen LogP contribution in [0.1, 0.15) is 50.3 Å². The van der Waals surface area contributed by atoms with Gasteiger partial charge in [-0.05, 0) is 43.4 Å². The van der Waals surface area contributed by atoms with Crippen LogP contribution in [0.4, 0.5) is 10.1 Å². The maximum atomic E-state index is 14.4. The van der Waals surface area contributed by atoms with Crippen molar-refractivity contribution in [3.8, 4) is 0 Å². The van der Waals surface area contributed by atoms with Crippen LogP contribution >= 0.6 is 0 Å². The molecular formula is C26H33FN6O4. The summed E-state index contributed by atoms with van der Waals surface area (Å²) in [5.74, 6) is -0.419. The van der Waals surface area contributed by atoms with Gasteiger partial charge >= 0.3 is 0 Å². The largest absolute Gasteiger partial charge is 0.390 e. The molecule has 3 aromatic rings. The van der Waals surface area contributed by atoms with Crippen LogP contribution in [-0.4, -0.2) is 55.4 Å². The molecule has 0 aliphatic heterocycles. The quantitative estimate of drug-likeness (QED) is 0.267. The number of anilines is 1. The lowest BCUT2D eigenvalue weighted by Crippen LogP contribution is -2.28. The Labute approximate surface area is 214 Å². The van der Waals surface area contributed by atoms with Crippen LogP contribution in [0.25, 0.3) is 11.0 Å². The number of fused-ring (bicyclic) bond motifs is 1. The van der Waals surface area contributed by atoms with Crippen LogP contribution < -0.4 is 10.9 Å². The highest BCUT2D eigenvalue weighted by Gasteiger charge is 2.17. The smallest absolute Gasteiger partial charge is 0.275 e. The van der Waals surface area contributed by atoms with Crippen molar-refractivity contribution in [2.75, 3.05) is 19.4 Å². The molecule has 198 valence electrons. The molecule has 0 spiro atoms. The second kappa shape index (κ2) is 12.4. The number of aromatic nitrogens is 4. The molecule has 0 aliphatic carbocycles. The maximum Gasteiger partial charge on any atom is 0.275 e. The van der Waals surface area contributed by atoms with Crippen molar-refractivity contribution in [1.29, 1.82) is 0 Å². The molecule has 2 amide bonds. The molecule has 0 saturated heterocycles. The SMILES string of the molecule is CC(C)Cc1ncc(F)c2nc(Cn3c(CO)ccc(NC(=O)CCC/C=C/C(=O)N(C)C)c3=O)[nH]c12. The highest BCUT2D eigenvalue weighted by Crippen LogP contribution is 2.21. The Hall–Kier alpha value is -3.86. The number of rotatable bonds is 11. The highest BCUT2D eigenvalue weighted by molar-refractivity contribution is 5.90. The molecule has 0 saturated carbocycles. The minimum atomic E-state index is -0.568. The van der Waals surface area contributed by atoms with Gasteiger partial charge in [0.05, 0.1) is 30.6 Å². The number of pyridine rings is 2. The molecule has 37 heavy (non-hydrogen) atoms. The van der Waals surface area contributed by atoms with Gasteiger partial charge in [-0.25, -0.2) is 9.37 Å². The van der Waals surface area contributed by atoms with Gasteiger partial charge in [-0.15, -0.1) is 0 Å². The molecule has 3 N–H and O–H groups in total. The number of hydrogen-bond donors (Lipinski definition) is 3. The topological polar surface area (TPSA) is 133 Å². The number of nitrogens with one attached hydrogen (secondary N) is 2. The average molecular weight is 513 g/mol. The maximum absolute atomic E-state index is 14.4. The first-order chi connectivity index (χ1) is 17.6. The van der Waals surface area contributed by atoms with Gasteiger partial charge in [-0.1, -0.05) is 19.9 Å². The van der Waals surface area contributed by atoms with Gasteiger partial charge in [-0.2, -0.15) is 0 Å². The molecule has 0 aliphatic rings. The summed E-state index contributed by atoms with van der Waals surface area (Å²) < 4.78 is 15.7. The number of amides is 2. The van der Waals surface area contributed by atoms with Gasteiger partial charge in [0.2, 0.25) is 11.8 Å². The lowest BCUT2D eigenvalue weighted by atomic mass is 10.1. The number of halogens is 1. The third-order valence-electron chi connectivity index (χ3n) is 5.69. The Bertz CT molecular complexity index is 1360. The van der Waals surface area contributed by atoms with Crippen molar-refractivity contribution in [2.24, 2.45) is 5.92 Å². The Morgan fingerprint density at radius 3 is 2.73 bits per heavy atom. The second-order valence-corrected chi connectivity index (χ2v) is 9.42. The fourth-order valence-corrected chi connectivity index (χ4v) is 3.78. The molecule has 3 heterocycles. The van der Waals surface area contributed by atoms with Crippen molar-refractivity contribution >= 4 is 28.5 Å². The lowest BCUT2D eigenvalue weighted by Gasteiger charge is -2.13. The Balaban J connectivity index is 1.76. The summed E-state index contributed by atoms with van der Waals surface area (Å²) in [5.41, 5.74) is 1.17. The number of imidazole rings is 1. The molecule has 0 unspecified atom stereocenters. The van der Waals surface area contributed by atoms with Crippen molar-refractivity contribution < 1.29 is 19.1 Å². The first kappa shape index (κ1) is 27.7. The number of allylic oxidation sites excluding steroid dienone is 1. The van der Waals surface area contributed by atoms with E-state index in [2.05, 4.69) is 20.3 Å². The summed E-state index contributed by atoms with van der Waals surface area (Å²) in [6.07, 6.45) is 6.13. The number of nitrogens with zero attached hydrogens (tertiary/aromatic N) is 4. The normalized spacial score (nSPS) is 11.5. The number of carbonyl (C=O) groups excluding carboxylic acids is 2. The third-order valence-corrected chi connectivity index (χ3v) is 5.69. The van der Waals surface area contributed by atoms with E-state index in [1.54, 1.807) is 26.2 Å². The third kappa shape index (κ3) is 7.10. The summed E-state index contributed by atoms with van der Waals surface area (Å²) >= 11 is 0. The number of unbranched alkanes of at least 4 members (excludes halogenated alkanes) is 1. The number of aliphatic hydroxyl groups is 1. The van der Waals surface area contributed by atoms with E-state index >= 15 is 0 Å². The van der Waals surface area contributed by atoms with Crippen molar-refractivity contribution in [1.82, 2.24) is 24.4 Å². The van der Waals surface area contributed by atoms with Crippen LogP contribution in [-0.2, 0) is 29.2 Å². The van der Waals surface area contributed by atoms with E-state index in [-0.39, 0.29) is 36.0 Å². The summed E-state index contributed by atoms with van der Waals surface area (Å²) in [6.45, 7) is 3.60. The van der Waals surface area contributed by atoms with E-state index < -0.39 is 18.0 Å². The predicted octanol–water partition coefficient (Wildman–Crippen LogP) is 2.75. The van der Waals surface area contributed by atoms with Crippen LogP contribution in [0.5, 0.6) is 0 Å². The van der Waals surface area contributed by atoms with Crippen LogP contribution in [0.15, 0.2) is 35.3 Å². The lowest BCUT2D eigenvalue weighted by molar-refractivity contribution is -0.123. The molecule has 0 bridgehead atoms. The molecule has 10 nitrogen and oxygen atoms in total. The molecule has 0 aromatic carbocycles. The summed E-state index contributed by atoms with van der Waals surface area (Å²) in [5, 5.41) is 12.4. The van der Waals surface area contributed by atoms with Gasteiger partial charge in [0.1, 0.15) is 17.0 Å². The summed E-state index contributed by atoms with van der Waals surface area (Å²) in [7, 11) is 3.31. The van der Waals surface area contributed by atoms with E-state index in [0.717, 1.165) is 6.20 Å². The molecule has 3 rings (SSSR count).